The fourth-order valence-electron chi connectivity index (χ4n) is 3.25. The van der Waals surface area contributed by atoms with E-state index in [0.29, 0.717) is 25.1 Å². The van der Waals surface area contributed by atoms with Gasteiger partial charge in [0.25, 0.3) is 5.91 Å². The molecule has 0 saturated carbocycles. The minimum absolute atomic E-state index is 0.0767. The fourth-order valence-corrected chi connectivity index (χ4v) is 4.20. The Kier molecular flexibility index (Phi) is 5.67. The van der Waals surface area contributed by atoms with Crippen molar-refractivity contribution in [3.8, 4) is 0 Å². The van der Waals surface area contributed by atoms with Gasteiger partial charge in [0.2, 0.25) is 0 Å². The summed E-state index contributed by atoms with van der Waals surface area (Å²) in [5, 5.41) is 9.10. The van der Waals surface area contributed by atoms with Crippen molar-refractivity contribution in [2.75, 3.05) is 13.1 Å². The molecule has 1 aliphatic heterocycles. The number of rotatable bonds is 5. The summed E-state index contributed by atoms with van der Waals surface area (Å²) < 4.78 is 0. The number of hydrogen-bond acceptors (Lipinski definition) is 3. The number of carbonyl (C=O) groups is 2. The number of hydrogen-bond donors (Lipinski definition) is 1. The molecule has 1 fully saturated rings. The number of thioether (sulfide) groups is 1. The molecule has 0 aromatic heterocycles. The molecule has 5 heteroatoms. The zero-order chi connectivity index (χ0) is 18.7. The molecule has 2 aromatic carbocycles. The Hall–Kier alpha value is -2.27. The highest BCUT2D eigenvalue weighted by molar-refractivity contribution is 7.98. The highest BCUT2D eigenvalue weighted by atomic mass is 32.2. The lowest BCUT2D eigenvalue weighted by Gasteiger charge is -2.16. The van der Waals surface area contributed by atoms with Crippen molar-refractivity contribution in [3.63, 3.8) is 0 Å². The first-order valence-corrected chi connectivity index (χ1v) is 9.73. The SMILES string of the molecule is Cc1ccc(SCc2cccc(C(=O)N3CCC(C(=O)O)C3)c2)c(C)c1. The Morgan fingerprint density at radius 3 is 2.69 bits per heavy atom. The van der Waals surface area contributed by atoms with E-state index in [4.69, 9.17) is 5.11 Å². The van der Waals surface area contributed by atoms with Crippen molar-refractivity contribution >= 4 is 23.6 Å². The fraction of sp³-hybridized carbons (Fsp3) is 0.333. The van der Waals surface area contributed by atoms with E-state index < -0.39 is 11.9 Å². The first kappa shape index (κ1) is 18.5. The topological polar surface area (TPSA) is 57.6 Å². The van der Waals surface area contributed by atoms with Gasteiger partial charge in [0.15, 0.2) is 0 Å². The van der Waals surface area contributed by atoms with Crippen LogP contribution in [0.25, 0.3) is 0 Å². The number of benzene rings is 2. The zero-order valence-corrected chi connectivity index (χ0v) is 15.9. The van der Waals surface area contributed by atoms with Crippen molar-refractivity contribution in [1.82, 2.24) is 4.90 Å². The van der Waals surface area contributed by atoms with Crippen LogP contribution in [0.1, 0.15) is 33.5 Å². The van der Waals surface area contributed by atoms with E-state index in [-0.39, 0.29) is 5.91 Å². The second kappa shape index (κ2) is 7.96. The minimum Gasteiger partial charge on any atom is -0.481 e. The molecule has 0 radical (unpaired) electrons. The standard InChI is InChI=1S/C21H23NO3S/c1-14-6-7-19(15(2)10-14)26-13-16-4-3-5-17(11-16)20(23)22-9-8-18(12-22)21(24)25/h3-7,10-11,18H,8-9,12-13H2,1-2H3,(H,24,25). The number of likely N-dealkylation sites (tertiary alicyclic amines) is 1. The quantitative estimate of drug-likeness (QED) is 0.805. The van der Waals surface area contributed by atoms with Crippen LogP contribution in [0, 0.1) is 19.8 Å². The van der Waals surface area contributed by atoms with Gasteiger partial charge in [-0.05, 0) is 49.6 Å². The van der Waals surface area contributed by atoms with Gasteiger partial charge in [0, 0.05) is 29.3 Å². The third kappa shape index (κ3) is 4.28. The predicted octanol–water partition coefficient (Wildman–Crippen LogP) is 4.14. The number of aryl methyl sites for hydroxylation is 2. The molecule has 1 amide bonds. The number of amides is 1. The lowest BCUT2D eigenvalue weighted by atomic mass is 10.1. The summed E-state index contributed by atoms with van der Waals surface area (Å²) in [7, 11) is 0. The molecular weight excluding hydrogens is 346 g/mol. The van der Waals surface area contributed by atoms with Crippen LogP contribution in [-0.2, 0) is 10.5 Å². The van der Waals surface area contributed by atoms with Crippen LogP contribution in [-0.4, -0.2) is 35.0 Å². The van der Waals surface area contributed by atoms with Crippen LogP contribution in [0.3, 0.4) is 0 Å². The Bertz CT molecular complexity index is 834. The molecule has 0 spiro atoms. The van der Waals surface area contributed by atoms with Crippen molar-refractivity contribution in [1.29, 1.82) is 0 Å². The highest BCUT2D eigenvalue weighted by Crippen LogP contribution is 2.27. The lowest BCUT2D eigenvalue weighted by Crippen LogP contribution is -2.29. The number of nitrogens with zero attached hydrogens (tertiary/aromatic N) is 1. The van der Waals surface area contributed by atoms with Gasteiger partial charge in [0.05, 0.1) is 5.92 Å². The van der Waals surface area contributed by atoms with Crippen LogP contribution in [0.15, 0.2) is 47.4 Å². The number of aliphatic carboxylic acids is 1. The summed E-state index contributed by atoms with van der Waals surface area (Å²) in [6, 6.07) is 14.1. The molecule has 0 aliphatic carbocycles. The Labute approximate surface area is 158 Å². The van der Waals surface area contributed by atoms with Crippen molar-refractivity contribution in [2.45, 2.75) is 30.9 Å². The van der Waals surface area contributed by atoms with Gasteiger partial charge in [0.1, 0.15) is 0 Å². The van der Waals surface area contributed by atoms with Crippen LogP contribution >= 0.6 is 11.8 Å². The maximum Gasteiger partial charge on any atom is 0.308 e. The first-order valence-electron chi connectivity index (χ1n) is 8.75. The van der Waals surface area contributed by atoms with E-state index in [2.05, 4.69) is 32.0 Å². The number of carbonyl (C=O) groups excluding carboxylic acids is 1. The molecule has 136 valence electrons. The molecule has 0 bridgehead atoms. The van der Waals surface area contributed by atoms with Crippen LogP contribution in [0.2, 0.25) is 0 Å². The molecule has 1 saturated heterocycles. The smallest absolute Gasteiger partial charge is 0.308 e. The summed E-state index contributed by atoms with van der Waals surface area (Å²) in [5.41, 5.74) is 4.24. The molecule has 1 aliphatic rings. The van der Waals surface area contributed by atoms with Gasteiger partial charge in [-0.1, -0.05) is 29.8 Å². The molecule has 2 aromatic rings. The third-order valence-electron chi connectivity index (χ3n) is 4.72. The largest absolute Gasteiger partial charge is 0.481 e. The molecule has 1 atom stereocenters. The van der Waals surface area contributed by atoms with Crippen LogP contribution < -0.4 is 0 Å². The number of carboxylic acids is 1. The van der Waals surface area contributed by atoms with Gasteiger partial charge >= 0.3 is 5.97 Å². The second-order valence-electron chi connectivity index (χ2n) is 6.83. The molecule has 1 heterocycles. The van der Waals surface area contributed by atoms with Gasteiger partial charge in [-0.3, -0.25) is 9.59 Å². The summed E-state index contributed by atoms with van der Waals surface area (Å²) in [4.78, 5) is 26.6. The molecule has 1 unspecified atom stereocenters. The van der Waals surface area contributed by atoms with Gasteiger partial charge in [-0.15, -0.1) is 11.8 Å². The maximum atomic E-state index is 12.7. The van der Waals surface area contributed by atoms with Crippen LogP contribution in [0.5, 0.6) is 0 Å². The summed E-state index contributed by atoms with van der Waals surface area (Å²) >= 11 is 1.76. The Morgan fingerprint density at radius 1 is 1.19 bits per heavy atom. The van der Waals surface area contributed by atoms with E-state index in [1.54, 1.807) is 16.7 Å². The zero-order valence-electron chi connectivity index (χ0n) is 15.1. The van der Waals surface area contributed by atoms with E-state index in [9.17, 15) is 9.59 Å². The van der Waals surface area contributed by atoms with Gasteiger partial charge in [-0.25, -0.2) is 0 Å². The van der Waals surface area contributed by atoms with Gasteiger partial charge in [-0.2, -0.15) is 0 Å². The minimum atomic E-state index is -0.820. The molecule has 26 heavy (non-hydrogen) atoms. The van der Waals surface area contributed by atoms with Crippen molar-refractivity contribution in [2.24, 2.45) is 5.92 Å². The Morgan fingerprint density at radius 2 is 2.00 bits per heavy atom. The predicted molar refractivity (Wildman–Crippen MR) is 104 cm³/mol. The highest BCUT2D eigenvalue weighted by Gasteiger charge is 2.31. The normalized spacial score (nSPS) is 16.7. The van der Waals surface area contributed by atoms with Crippen molar-refractivity contribution < 1.29 is 14.7 Å². The summed E-state index contributed by atoms with van der Waals surface area (Å²) in [6.07, 6.45) is 0.531. The van der Waals surface area contributed by atoms with E-state index >= 15 is 0 Å². The average Bonchev–Trinajstić information content (AvgIpc) is 3.11. The first-order chi connectivity index (χ1) is 12.4. The van der Waals surface area contributed by atoms with E-state index in [1.807, 2.05) is 24.3 Å². The van der Waals surface area contributed by atoms with Crippen LogP contribution in [0.4, 0.5) is 0 Å². The summed E-state index contributed by atoms with van der Waals surface area (Å²) in [6.45, 7) is 5.01. The van der Waals surface area contributed by atoms with Gasteiger partial charge < -0.3 is 10.0 Å². The van der Waals surface area contributed by atoms with Crippen molar-refractivity contribution in [3.05, 3.63) is 64.7 Å². The second-order valence-corrected chi connectivity index (χ2v) is 7.85. The monoisotopic (exact) mass is 369 g/mol. The molecule has 3 rings (SSSR count). The average molecular weight is 369 g/mol. The van der Waals surface area contributed by atoms with E-state index in [1.165, 1.54) is 16.0 Å². The number of carboxylic acid groups (broad SMARTS) is 1. The van der Waals surface area contributed by atoms with E-state index in [0.717, 1.165) is 11.3 Å². The maximum absolute atomic E-state index is 12.7. The Balaban J connectivity index is 1.66. The third-order valence-corrected chi connectivity index (χ3v) is 5.97. The lowest BCUT2D eigenvalue weighted by molar-refractivity contribution is -0.141. The molecular formula is C21H23NO3S. The molecule has 4 nitrogen and oxygen atoms in total. The molecule has 1 N–H and O–H groups in total. The summed E-state index contributed by atoms with van der Waals surface area (Å²) in [5.74, 6) is -0.545.